The Kier molecular flexibility index (Phi) is 2.30. The molecule has 0 unspecified atom stereocenters. The van der Waals surface area contributed by atoms with Gasteiger partial charge in [0.1, 0.15) is 5.41 Å². The lowest BCUT2D eigenvalue weighted by molar-refractivity contribution is -0.144. The summed E-state index contributed by atoms with van der Waals surface area (Å²) in [7, 11) is 0. The zero-order valence-corrected chi connectivity index (χ0v) is 9.72. The van der Waals surface area contributed by atoms with E-state index in [4.69, 9.17) is 6.85 Å². The second kappa shape index (κ2) is 5.12. The first-order valence-electron chi connectivity index (χ1n) is 7.78. The van der Waals surface area contributed by atoms with E-state index in [1.54, 1.807) is 0 Å². The Morgan fingerprint density at radius 1 is 1.47 bits per heavy atom. The monoisotopic (exact) mass is 243 g/mol. The van der Waals surface area contributed by atoms with E-state index in [0.717, 1.165) is 0 Å². The van der Waals surface area contributed by atoms with E-state index in [0.29, 0.717) is 0 Å². The summed E-state index contributed by atoms with van der Waals surface area (Å²) in [5, 5.41) is 3.69. The average Bonchev–Trinajstić information content (AvgIpc) is 2.36. The van der Waals surface area contributed by atoms with E-state index in [1.807, 2.05) is 24.5 Å². The standard InChI is InChI=1S/C12H18N2O3/c1-4-6-12(7-5-8(2)3)9(15)13-11(17)14-10(12)16/h4,8H,1,5-7H2,2-3H3,(H2,13,14,15,16,17)/i1D2,4D,6D2. The van der Waals surface area contributed by atoms with Crippen LogP contribution in [0.3, 0.4) is 0 Å². The van der Waals surface area contributed by atoms with Gasteiger partial charge in [-0.25, -0.2) is 4.79 Å². The zero-order chi connectivity index (χ0) is 17.3. The summed E-state index contributed by atoms with van der Waals surface area (Å²) >= 11 is 0. The van der Waals surface area contributed by atoms with E-state index < -0.39 is 42.2 Å². The largest absolute Gasteiger partial charge is 0.328 e. The average molecular weight is 243 g/mol. The maximum Gasteiger partial charge on any atom is 0.328 e. The van der Waals surface area contributed by atoms with Crippen LogP contribution in [0.4, 0.5) is 4.79 Å². The molecule has 1 aliphatic rings. The summed E-state index contributed by atoms with van der Waals surface area (Å²) in [6, 6.07) is -2.14. The molecular formula is C12H18N2O3. The number of hydrogen-bond acceptors (Lipinski definition) is 3. The molecule has 94 valence electrons. The third-order valence-corrected chi connectivity index (χ3v) is 2.60. The van der Waals surface area contributed by atoms with Gasteiger partial charge in [0, 0.05) is 2.74 Å². The first kappa shape index (κ1) is 7.63. The van der Waals surface area contributed by atoms with E-state index in [2.05, 4.69) is 0 Å². The zero-order valence-electron chi connectivity index (χ0n) is 14.7. The number of carbonyl (C=O) groups excluding carboxylic acids is 3. The molecule has 1 fully saturated rings. The Hall–Kier alpha value is -1.65. The minimum absolute atomic E-state index is 0.0375. The molecule has 4 amide bonds. The van der Waals surface area contributed by atoms with Gasteiger partial charge in [-0.3, -0.25) is 20.2 Å². The number of urea groups is 1. The van der Waals surface area contributed by atoms with Crippen LogP contribution in [0.15, 0.2) is 12.6 Å². The second-order valence-electron chi connectivity index (χ2n) is 4.33. The van der Waals surface area contributed by atoms with Gasteiger partial charge in [-0.2, -0.15) is 0 Å². The fourth-order valence-electron chi connectivity index (χ4n) is 1.57. The molecule has 0 saturated carbocycles. The van der Waals surface area contributed by atoms with Crippen molar-refractivity contribution in [3.63, 3.8) is 0 Å². The third kappa shape index (κ3) is 2.72. The van der Waals surface area contributed by atoms with Crippen molar-refractivity contribution >= 4 is 17.8 Å². The van der Waals surface area contributed by atoms with Crippen LogP contribution < -0.4 is 10.6 Å². The number of nitrogens with one attached hydrogen (secondary N) is 2. The van der Waals surface area contributed by atoms with Crippen LogP contribution in [0.2, 0.25) is 0 Å². The predicted octanol–water partition coefficient (Wildman–Crippen LogP) is 1.35. The van der Waals surface area contributed by atoms with Crippen LogP contribution in [-0.4, -0.2) is 17.8 Å². The first-order chi connectivity index (χ1) is 9.96. The van der Waals surface area contributed by atoms with Crippen LogP contribution in [-0.2, 0) is 9.59 Å². The molecule has 17 heavy (non-hydrogen) atoms. The molecule has 0 aromatic rings. The smallest absolute Gasteiger partial charge is 0.277 e. The number of imide groups is 2. The Morgan fingerprint density at radius 3 is 2.53 bits per heavy atom. The van der Waals surface area contributed by atoms with Gasteiger partial charge >= 0.3 is 6.03 Å². The molecule has 1 saturated heterocycles. The molecule has 0 spiro atoms. The SMILES string of the molecule is [2H]C([2H])=C([2H])C([2H])([2H])C1(CCC(C)C)C(=O)NC(=O)NC1=O. The highest BCUT2D eigenvalue weighted by atomic mass is 16.2. The van der Waals surface area contributed by atoms with Gasteiger partial charge in [0.2, 0.25) is 11.8 Å². The van der Waals surface area contributed by atoms with E-state index in [-0.39, 0.29) is 18.8 Å². The Balaban J connectivity index is 3.47. The molecule has 0 aromatic heterocycles. The van der Waals surface area contributed by atoms with Crippen molar-refractivity contribution in [2.75, 3.05) is 0 Å². The van der Waals surface area contributed by atoms with E-state index >= 15 is 0 Å². The quantitative estimate of drug-likeness (QED) is 0.565. The molecule has 0 aromatic carbocycles. The van der Waals surface area contributed by atoms with Crippen LogP contribution in [0, 0.1) is 11.3 Å². The van der Waals surface area contributed by atoms with Crippen LogP contribution in [0.1, 0.15) is 39.9 Å². The minimum Gasteiger partial charge on any atom is -0.277 e. The highest BCUT2D eigenvalue weighted by Gasteiger charge is 2.48. The Morgan fingerprint density at radius 2 is 2.06 bits per heavy atom. The van der Waals surface area contributed by atoms with Crippen molar-refractivity contribution < 1.29 is 21.2 Å². The third-order valence-electron chi connectivity index (χ3n) is 2.60. The van der Waals surface area contributed by atoms with Gasteiger partial charge in [0.05, 0.1) is 4.11 Å². The van der Waals surface area contributed by atoms with Gasteiger partial charge in [-0.05, 0) is 25.1 Å². The Bertz CT molecular complexity index is 521. The van der Waals surface area contributed by atoms with Gasteiger partial charge in [0.15, 0.2) is 0 Å². The molecule has 0 atom stereocenters. The molecule has 1 aliphatic heterocycles. The van der Waals surface area contributed by atoms with Crippen molar-refractivity contribution in [3.05, 3.63) is 12.6 Å². The lowest BCUT2D eigenvalue weighted by Gasteiger charge is -2.33. The number of carbonyl (C=O) groups is 3. The van der Waals surface area contributed by atoms with Crippen molar-refractivity contribution in [1.82, 2.24) is 10.6 Å². The maximum absolute atomic E-state index is 12.3. The van der Waals surface area contributed by atoms with Crippen LogP contribution in [0.5, 0.6) is 0 Å². The number of amides is 4. The van der Waals surface area contributed by atoms with Crippen molar-refractivity contribution in [2.45, 2.75) is 33.1 Å². The lowest BCUT2D eigenvalue weighted by atomic mass is 9.76. The molecule has 5 nitrogen and oxygen atoms in total. The second-order valence-corrected chi connectivity index (χ2v) is 4.33. The number of allylic oxidation sites excluding steroid dienone is 1. The van der Waals surface area contributed by atoms with E-state index in [1.165, 1.54) is 0 Å². The summed E-state index contributed by atoms with van der Waals surface area (Å²) in [6.45, 7) is 2.49. The highest BCUT2D eigenvalue weighted by Crippen LogP contribution is 2.32. The summed E-state index contributed by atoms with van der Waals surface area (Å²) < 4.78 is 37.9. The first-order valence-corrected chi connectivity index (χ1v) is 5.28. The molecule has 0 radical (unpaired) electrons. The maximum atomic E-state index is 12.3. The number of rotatable bonds is 5. The summed E-state index contributed by atoms with van der Waals surface area (Å²) in [6.07, 6.45) is -2.86. The molecule has 0 bridgehead atoms. The molecule has 2 N–H and O–H groups in total. The van der Waals surface area contributed by atoms with Gasteiger partial charge < -0.3 is 0 Å². The summed E-state index contributed by atoms with van der Waals surface area (Å²) in [5.41, 5.74) is -2.37. The van der Waals surface area contributed by atoms with Crippen LogP contribution >= 0.6 is 0 Å². The van der Waals surface area contributed by atoms with Crippen molar-refractivity contribution in [2.24, 2.45) is 11.3 Å². The lowest BCUT2D eigenvalue weighted by Crippen LogP contribution is -2.62. The van der Waals surface area contributed by atoms with Crippen LogP contribution in [0.25, 0.3) is 0 Å². The summed E-state index contributed by atoms with van der Waals surface area (Å²) in [4.78, 5) is 35.7. The fraction of sp³-hybridized carbons (Fsp3) is 0.583. The number of barbiturate groups is 1. The molecular weight excluding hydrogens is 220 g/mol. The Labute approximate surface area is 108 Å². The highest BCUT2D eigenvalue weighted by molar-refractivity contribution is 6.19. The molecule has 1 heterocycles. The molecule has 5 heteroatoms. The number of hydrogen-bond donors (Lipinski definition) is 2. The van der Waals surface area contributed by atoms with E-state index in [9.17, 15) is 14.4 Å². The molecule has 0 aliphatic carbocycles. The molecule has 1 rings (SSSR count). The normalized spacial score (nSPS) is 23.7. The van der Waals surface area contributed by atoms with Gasteiger partial charge in [-0.15, -0.1) is 6.53 Å². The predicted molar refractivity (Wildman–Crippen MR) is 63.0 cm³/mol. The van der Waals surface area contributed by atoms with Gasteiger partial charge in [-0.1, -0.05) is 19.9 Å². The topological polar surface area (TPSA) is 75.3 Å². The minimum atomic E-state index is -2.89. The van der Waals surface area contributed by atoms with Crippen molar-refractivity contribution in [1.29, 1.82) is 0 Å². The van der Waals surface area contributed by atoms with Crippen molar-refractivity contribution in [3.8, 4) is 0 Å². The van der Waals surface area contributed by atoms with Gasteiger partial charge in [0.25, 0.3) is 0 Å². The summed E-state index contributed by atoms with van der Waals surface area (Å²) in [5.74, 6) is -2.27. The fourth-order valence-corrected chi connectivity index (χ4v) is 1.57.